The van der Waals surface area contributed by atoms with Crippen LogP contribution in [0.1, 0.15) is 10.5 Å². The first-order valence-corrected chi connectivity index (χ1v) is 9.11. The molecule has 4 aromatic rings. The number of benzene rings is 2. The van der Waals surface area contributed by atoms with Crippen LogP contribution in [0.5, 0.6) is 0 Å². The minimum Gasteiger partial charge on any atom is -0.319 e. The summed E-state index contributed by atoms with van der Waals surface area (Å²) in [5.41, 5.74) is 1.56. The maximum absolute atomic E-state index is 13.0. The Bertz CT molecular complexity index is 1150. The molecule has 5 nitrogen and oxygen atoms in total. The average molecular weight is 400 g/mol. The van der Waals surface area contributed by atoms with Crippen LogP contribution in [0.25, 0.3) is 16.2 Å². The zero-order chi connectivity index (χ0) is 19.0. The normalized spacial score (nSPS) is 10.9. The lowest BCUT2D eigenvalue weighted by molar-refractivity contribution is -0.112. The van der Waals surface area contributed by atoms with E-state index in [4.69, 9.17) is 11.6 Å². The van der Waals surface area contributed by atoms with Crippen molar-refractivity contribution in [2.24, 2.45) is 0 Å². The van der Waals surface area contributed by atoms with Gasteiger partial charge in [-0.05, 0) is 36.4 Å². The predicted molar refractivity (Wildman–Crippen MR) is 103 cm³/mol. The van der Waals surface area contributed by atoms with Crippen molar-refractivity contribution in [2.75, 3.05) is 5.32 Å². The second-order valence-corrected chi connectivity index (χ2v) is 6.97. The van der Waals surface area contributed by atoms with E-state index in [2.05, 4.69) is 10.3 Å². The minimum absolute atomic E-state index is 0.160. The average Bonchev–Trinajstić information content (AvgIpc) is 3.24. The number of hydrogen-bond donors (Lipinski definition) is 1. The molecular formula is C19H11ClFN3O2S. The highest BCUT2D eigenvalue weighted by Crippen LogP contribution is 2.28. The van der Waals surface area contributed by atoms with E-state index in [1.165, 1.54) is 35.6 Å². The monoisotopic (exact) mass is 399 g/mol. The van der Waals surface area contributed by atoms with Crippen molar-refractivity contribution in [1.82, 2.24) is 9.38 Å². The van der Waals surface area contributed by atoms with Gasteiger partial charge in [0.15, 0.2) is 4.96 Å². The second kappa shape index (κ2) is 6.94. The molecule has 1 amide bonds. The van der Waals surface area contributed by atoms with Gasteiger partial charge in [-0.2, -0.15) is 0 Å². The molecule has 0 radical (unpaired) electrons. The number of ketones is 1. The van der Waals surface area contributed by atoms with Gasteiger partial charge in [-0.25, -0.2) is 9.37 Å². The van der Waals surface area contributed by atoms with Gasteiger partial charge >= 0.3 is 0 Å². The molecule has 0 atom stereocenters. The van der Waals surface area contributed by atoms with Gasteiger partial charge in [0.2, 0.25) is 0 Å². The number of thiazole rings is 1. The SMILES string of the molecule is O=C(Nc1ccc(F)cc1)C(=O)c1c(-c2ccc(Cl)cc2)nc2sccn12. The molecular weight excluding hydrogens is 389 g/mol. The van der Waals surface area contributed by atoms with Gasteiger partial charge in [-0.1, -0.05) is 23.7 Å². The topological polar surface area (TPSA) is 63.5 Å². The molecule has 0 fully saturated rings. The van der Waals surface area contributed by atoms with E-state index in [-0.39, 0.29) is 5.69 Å². The number of amides is 1. The smallest absolute Gasteiger partial charge is 0.298 e. The summed E-state index contributed by atoms with van der Waals surface area (Å²) < 4.78 is 14.6. The summed E-state index contributed by atoms with van der Waals surface area (Å²) in [4.78, 5) is 30.4. The van der Waals surface area contributed by atoms with E-state index >= 15 is 0 Å². The summed E-state index contributed by atoms with van der Waals surface area (Å²) in [6.45, 7) is 0. The number of imidazole rings is 1. The highest BCUT2D eigenvalue weighted by molar-refractivity contribution is 7.15. The number of carbonyl (C=O) groups excluding carboxylic acids is 2. The van der Waals surface area contributed by atoms with Crippen LogP contribution in [0.4, 0.5) is 10.1 Å². The van der Waals surface area contributed by atoms with E-state index in [1.807, 2.05) is 0 Å². The highest BCUT2D eigenvalue weighted by Gasteiger charge is 2.26. The Hall–Kier alpha value is -3.03. The number of anilines is 1. The Kier molecular flexibility index (Phi) is 4.47. The van der Waals surface area contributed by atoms with Crippen LogP contribution in [-0.4, -0.2) is 21.1 Å². The van der Waals surface area contributed by atoms with E-state index in [9.17, 15) is 14.0 Å². The van der Waals surface area contributed by atoms with E-state index in [1.54, 1.807) is 40.2 Å². The molecule has 0 bridgehead atoms. The Morgan fingerprint density at radius 1 is 1.07 bits per heavy atom. The Morgan fingerprint density at radius 2 is 1.78 bits per heavy atom. The van der Waals surface area contributed by atoms with Crippen LogP contribution >= 0.6 is 22.9 Å². The number of rotatable bonds is 4. The van der Waals surface area contributed by atoms with Crippen LogP contribution in [0.15, 0.2) is 60.1 Å². The molecule has 134 valence electrons. The third kappa shape index (κ3) is 3.34. The van der Waals surface area contributed by atoms with Crippen molar-refractivity contribution in [3.8, 4) is 11.3 Å². The van der Waals surface area contributed by atoms with E-state index < -0.39 is 17.5 Å². The maximum Gasteiger partial charge on any atom is 0.298 e. The number of nitrogens with one attached hydrogen (secondary N) is 1. The van der Waals surface area contributed by atoms with E-state index in [0.29, 0.717) is 26.9 Å². The Balaban J connectivity index is 1.73. The fourth-order valence-corrected chi connectivity index (χ4v) is 3.48. The van der Waals surface area contributed by atoms with Crippen LogP contribution in [0.2, 0.25) is 5.02 Å². The van der Waals surface area contributed by atoms with Gasteiger partial charge < -0.3 is 5.32 Å². The molecule has 1 N–H and O–H groups in total. The van der Waals surface area contributed by atoms with Crippen molar-refractivity contribution in [3.05, 3.63) is 76.6 Å². The zero-order valence-corrected chi connectivity index (χ0v) is 15.2. The lowest BCUT2D eigenvalue weighted by atomic mass is 10.1. The molecule has 0 saturated heterocycles. The fourth-order valence-electron chi connectivity index (χ4n) is 2.64. The lowest BCUT2D eigenvalue weighted by Crippen LogP contribution is -2.24. The molecule has 2 aromatic heterocycles. The summed E-state index contributed by atoms with van der Waals surface area (Å²) in [5.74, 6) is -2.00. The molecule has 27 heavy (non-hydrogen) atoms. The summed E-state index contributed by atoms with van der Waals surface area (Å²) in [6, 6.07) is 12.0. The maximum atomic E-state index is 13.0. The first-order chi connectivity index (χ1) is 13.0. The molecule has 0 aliphatic rings. The van der Waals surface area contributed by atoms with Gasteiger partial charge in [-0.3, -0.25) is 14.0 Å². The molecule has 4 rings (SSSR count). The number of nitrogens with zero attached hydrogens (tertiary/aromatic N) is 2. The van der Waals surface area contributed by atoms with Gasteiger partial charge in [0, 0.05) is 27.9 Å². The fraction of sp³-hybridized carbons (Fsp3) is 0. The first kappa shape index (κ1) is 17.4. The summed E-state index contributed by atoms with van der Waals surface area (Å²) in [5, 5.41) is 4.83. The molecule has 0 unspecified atom stereocenters. The standard InChI is InChI=1S/C19H11ClFN3O2S/c20-12-3-1-11(2-4-12)15-16(24-9-10-27-19(24)23-15)17(25)18(26)22-14-7-5-13(21)6-8-14/h1-10H,(H,22,26). The molecule has 2 heterocycles. The van der Waals surface area contributed by atoms with Crippen molar-refractivity contribution in [1.29, 1.82) is 0 Å². The van der Waals surface area contributed by atoms with Crippen LogP contribution in [0.3, 0.4) is 0 Å². The number of Topliss-reactive ketones (excluding diaryl/α,β-unsaturated/α-hetero) is 1. The van der Waals surface area contributed by atoms with Crippen molar-refractivity contribution in [2.45, 2.75) is 0 Å². The molecule has 2 aromatic carbocycles. The Labute approximate surface area is 162 Å². The van der Waals surface area contributed by atoms with Gasteiger partial charge in [0.05, 0.1) is 0 Å². The molecule has 0 saturated carbocycles. The third-order valence-corrected chi connectivity index (χ3v) is 4.91. The minimum atomic E-state index is -0.829. The quantitative estimate of drug-likeness (QED) is 0.400. The third-order valence-electron chi connectivity index (χ3n) is 3.90. The first-order valence-electron chi connectivity index (χ1n) is 7.85. The largest absolute Gasteiger partial charge is 0.319 e. The summed E-state index contributed by atoms with van der Waals surface area (Å²) in [7, 11) is 0. The second-order valence-electron chi connectivity index (χ2n) is 5.66. The van der Waals surface area contributed by atoms with Crippen molar-refractivity contribution < 1.29 is 14.0 Å². The van der Waals surface area contributed by atoms with Crippen LogP contribution in [-0.2, 0) is 4.79 Å². The van der Waals surface area contributed by atoms with Gasteiger partial charge in [0.25, 0.3) is 11.7 Å². The Morgan fingerprint density at radius 3 is 2.48 bits per heavy atom. The number of aromatic nitrogens is 2. The highest BCUT2D eigenvalue weighted by atomic mass is 35.5. The van der Waals surface area contributed by atoms with Gasteiger partial charge in [-0.15, -0.1) is 11.3 Å². The molecule has 0 aliphatic carbocycles. The number of halogens is 2. The zero-order valence-electron chi connectivity index (χ0n) is 13.6. The number of fused-ring (bicyclic) bond motifs is 1. The molecule has 8 heteroatoms. The van der Waals surface area contributed by atoms with Crippen LogP contribution < -0.4 is 5.32 Å². The summed E-state index contributed by atoms with van der Waals surface area (Å²) in [6.07, 6.45) is 1.69. The summed E-state index contributed by atoms with van der Waals surface area (Å²) >= 11 is 7.28. The molecule has 0 spiro atoms. The predicted octanol–water partition coefficient (Wildman–Crippen LogP) is 4.68. The van der Waals surface area contributed by atoms with Crippen molar-refractivity contribution in [3.63, 3.8) is 0 Å². The van der Waals surface area contributed by atoms with E-state index in [0.717, 1.165) is 0 Å². The number of carbonyl (C=O) groups is 2. The van der Waals surface area contributed by atoms with Crippen molar-refractivity contribution >= 4 is 45.3 Å². The van der Waals surface area contributed by atoms with Gasteiger partial charge in [0.1, 0.15) is 17.2 Å². The lowest BCUT2D eigenvalue weighted by Gasteiger charge is -2.06. The van der Waals surface area contributed by atoms with Crippen LogP contribution in [0, 0.1) is 5.82 Å². The number of hydrogen-bond acceptors (Lipinski definition) is 4. The molecule has 0 aliphatic heterocycles.